The molecule has 0 spiro atoms. The van der Waals surface area contributed by atoms with Gasteiger partial charge in [-0.15, -0.1) is 0 Å². The van der Waals surface area contributed by atoms with Gasteiger partial charge in [0.15, 0.2) is 0 Å². The summed E-state index contributed by atoms with van der Waals surface area (Å²) in [5, 5.41) is 17.9. The van der Waals surface area contributed by atoms with Gasteiger partial charge in [0, 0.05) is 0 Å². The smallest absolute Gasteiger partial charge is 0.242 e. The number of halogens is 2. The first-order chi connectivity index (χ1) is 8.24. The van der Waals surface area contributed by atoms with Gasteiger partial charge in [0.1, 0.15) is 10.7 Å². The van der Waals surface area contributed by atoms with E-state index >= 15 is 0 Å². The number of aliphatic hydroxyl groups is 2. The van der Waals surface area contributed by atoms with E-state index in [2.05, 4.69) is 4.72 Å². The van der Waals surface area contributed by atoms with E-state index in [9.17, 15) is 12.8 Å². The SMILES string of the molecule is CC(CO)(CO)NS(=O)(=O)c1cc(F)ccc1Cl. The zero-order valence-corrected chi connectivity index (χ0v) is 11.1. The quantitative estimate of drug-likeness (QED) is 0.739. The Balaban J connectivity index is 3.18. The summed E-state index contributed by atoms with van der Waals surface area (Å²) in [4.78, 5) is -0.447. The number of aliphatic hydroxyl groups excluding tert-OH is 2. The summed E-state index contributed by atoms with van der Waals surface area (Å²) >= 11 is 5.69. The molecule has 102 valence electrons. The molecule has 3 N–H and O–H groups in total. The standard InChI is InChI=1S/C10H13ClFNO4S/c1-10(5-14,6-15)13-18(16,17)9-4-7(12)2-3-8(9)11/h2-4,13-15H,5-6H2,1H3. The molecule has 0 heterocycles. The van der Waals surface area contributed by atoms with Gasteiger partial charge in [0.05, 0.1) is 23.8 Å². The van der Waals surface area contributed by atoms with Crippen molar-refractivity contribution in [1.82, 2.24) is 4.72 Å². The van der Waals surface area contributed by atoms with Crippen LogP contribution in [0.2, 0.25) is 5.02 Å². The molecule has 1 aromatic carbocycles. The molecule has 0 unspecified atom stereocenters. The van der Waals surface area contributed by atoms with Crippen LogP contribution in [0.4, 0.5) is 4.39 Å². The van der Waals surface area contributed by atoms with Crippen LogP contribution in [0.15, 0.2) is 23.1 Å². The molecular weight excluding hydrogens is 285 g/mol. The Kier molecular flexibility index (Phi) is 4.68. The predicted molar refractivity (Wildman–Crippen MR) is 64.3 cm³/mol. The third-order valence-electron chi connectivity index (χ3n) is 2.26. The van der Waals surface area contributed by atoms with E-state index in [1.807, 2.05) is 0 Å². The second-order valence-corrected chi connectivity index (χ2v) is 6.12. The van der Waals surface area contributed by atoms with E-state index in [4.69, 9.17) is 21.8 Å². The van der Waals surface area contributed by atoms with Crippen LogP contribution in [0.1, 0.15) is 6.92 Å². The molecular formula is C10H13ClFNO4S. The molecule has 0 radical (unpaired) electrons. The van der Waals surface area contributed by atoms with Crippen LogP contribution >= 0.6 is 11.6 Å². The summed E-state index contributed by atoms with van der Waals surface area (Å²) in [6, 6.07) is 2.90. The number of hydrogen-bond acceptors (Lipinski definition) is 4. The van der Waals surface area contributed by atoms with Crippen molar-refractivity contribution in [3.8, 4) is 0 Å². The fourth-order valence-electron chi connectivity index (χ4n) is 1.18. The zero-order valence-electron chi connectivity index (χ0n) is 9.52. The summed E-state index contributed by atoms with van der Waals surface area (Å²) in [5.41, 5.74) is -1.45. The van der Waals surface area contributed by atoms with Crippen LogP contribution in [-0.4, -0.2) is 37.4 Å². The molecule has 8 heteroatoms. The second kappa shape index (κ2) is 5.50. The molecule has 0 aliphatic carbocycles. The maximum absolute atomic E-state index is 13.0. The van der Waals surface area contributed by atoms with Crippen molar-refractivity contribution in [3.05, 3.63) is 29.0 Å². The van der Waals surface area contributed by atoms with E-state index in [0.717, 1.165) is 18.2 Å². The minimum atomic E-state index is -4.14. The predicted octanol–water partition coefficient (Wildman–Crippen LogP) is 0.501. The molecule has 1 rings (SSSR count). The maximum atomic E-state index is 13.0. The van der Waals surface area contributed by atoms with Gasteiger partial charge in [0.25, 0.3) is 0 Å². The Morgan fingerprint density at radius 1 is 1.39 bits per heavy atom. The average molecular weight is 298 g/mol. The molecule has 18 heavy (non-hydrogen) atoms. The summed E-state index contributed by atoms with van der Waals surface area (Å²) in [5.74, 6) is -0.755. The van der Waals surface area contributed by atoms with Crippen LogP contribution in [-0.2, 0) is 10.0 Å². The molecule has 0 saturated heterocycles. The molecule has 0 aliphatic rings. The highest BCUT2D eigenvalue weighted by molar-refractivity contribution is 7.89. The molecule has 0 atom stereocenters. The van der Waals surface area contributed by atoms with Gasteiger partial charge in [0.2, 0.25) is 10.0 Å². The third kappa shape index (κ3) is 3.39. The number of benzene rings is 1. The molecule has 1 aromatic rings. The molecule has 0 fully saturated rings. The minimum Gasteiger partial charge on any atom is -0.394 e. The highest BCUT2D eigenvalue weighted by Gasteiger charge is 2.30. The lowest BCUT2D eigenvalue weighted by Gasteiger charge is -2.25. The topological polar surface area (TPSA) is 86.6 Å². The van der Waals surface area contributed by atoms with Gasteiger partial charge < -0.3 is 10.2 Å². The van der Waals surface area contributed by atoms with Crippen molar-refractivity contribution >= 4 is 21.6 Å². The summed E-state index contributed by atoms with van der Waals surface area (Å²) in [6.07, 6.45) is 0. The maximum Gasteiger partial charge on any atom is 0.242 e. The first kappa shape index (κ1) is 15.3. The lowest BCUT2D eigenvalue weighted by atomic mass is 10.1. The average Bonchev–Trinajstić information content (AvgIpc) is 2.31. The summed E-state index contributed by atoms with van der Waals surface area (Å²) < 4.78 is 39.0. The minimum absolute atomic E-state index is 0.151. The van der Waals surface area contributed by atoms with Gasteiger partial charge in [-0.2, -0.15) is 0 Å². The normalized spacial score (nSPS) is 12.7. The summed E-state index contributed by atoms with van der Waals surface area (Å²) in [7, 11) is -4.14. The Morgan fingerprint density at radius 2 is 1.94 bits per heavy atom. The summed E-state index contributed by atoms with van der Waals surface area (Å²) in [6.45, 7) is 0.0725. The van der Waals surface area contributed by atoms with Crippen molar-refractivity contribution in [3.63, 3.8) is 0 Å². The van der Waals surface area contributed by atoms with Crippen LogP contribution in [0, 0.1) is 5.82 Å². The monoisotopic (exact) mass is 297 g/mol. The van der Waals surface area contributed by atoms with E-state index in [-0.39, 0.29) is 5.02 Å². The molecule has 0 saturated carbocycles. The Labute approximate surface area is 109 Å². The molecule has 0 aromatic heterocycles. The Morgan fingerprint density at radius 3 is 2.44 bits per heavy atom. The Hall–Kier alpha value is -0.730. The number of rotatable bonds is 5. The fraction of sp³-hybridized carbons (Fsp3) is 0.400. The first-order valence-electron chi connectivity index (χ1n) is 4.95. The van der Waals surface area contributed by atoms with E-state index < -0.39 is 39.5 Å². The molecule has 0 aliphatic heterocycles. The van der Waals surface area contributed by atoms with Crippen molar-refractivity contribution in [2.45, 2.75) is 17.4 Å². The van der Waals surface area contributed by atoms with Crippen molar-refractivity contribution in [2.75, 3.05) is 13.2 Å². The van der Waals surface area contributed by atoms with Gasteiger partial charge in [-0.1, -0.05) is 11.6 Å². The van der Waals surface area contributed by atoms with Crippen LogP contribution in [0.5, 0.6) is 0 Å². The van der Waals surface area contributed by atoms with E-state index in [1.54, 1.807) is 0 Å². The fourth-order valence-corrected chi connectivity index (χ4v) is 3.08. The largest absolute Gasteiger partial charge is 0.394 e. The van der Waals surface area contributed by atoms with Crippen LogP contribution < -0.4 is 4.72 Å². The number of hydrogen-bond donors (Lipinski definition) is 3. The highest BCUT2D eigenvalue weighted by atomic mass is 35.5. The van der Waals surface area contributed by atoms with Gasteiger partial charge >= 0.3 is 0 Å². The van der Waals surface area contributed by atoms with Crippen LogP contribution in [0.25, 0.3) is 0 Å². The zero-order chi connectivity index (χ0) is 14.0. The molecule has 5 nitrogen and oxygen atoms in total. The van der Waals surface area contributed by atoms with E-state index in [1.165, 1.54) is 6.92 Å². The first-order valence-corrected chi connectivity index (χ1v) is 6.81. The van der Waals surface area contributed by atoms with Crippen LogP contribution in [0.3, 0.4) is 0 Å². The highest BCUT2D eigenvalue weighted by Crippen LogP contribution is 2.23. The second-order valence-electron chi connectivity index (χ2n) is 4.06. The third-order valence-corrected chi connectivity index (χ3v) is 4.38. The van der Waals surface area contributed by atoms with E-state index in [0.29, 0.717) is 0 Å². The van der Waals surface area contributed by atoms with Crippen molar-refractivity contribution in [1.29, 1.82) is 0 Å². The van der Waals surface area contributed by atoms with Gasteiger partial charge in [-0.3, -0.25) is 0 Å². The lowest BCUT2D eigenvalue weighted by molar-refractivity contribution is 0.122. The van der Waals surface area contributed by atoms with Gasteiger partial charge in [-0.25, -0.2) is 17.5 Å². The number of nitrogens with one attached hydrogen (secondary N) is 1. The number of sulfonamides is 1. The lowest BCUT2D eigenvalue weighted by Crippen LogP contribution is -2.51. The molecule has 0 bridgehead atoms. The van der Waals surface area contributed by atoms with Crippen molar-refractivity contribution in [2.24, 2.45) is 0 Å². The Bertz CT molecular complexity index is 531. The molecule has 0 amide bonds. The van der Waals surface area contributed by atoms with Crippen molar-refractivity contribution < 1.29 is 23.0 Å². The van der Waals surface area contributed by atoms with Gasteiger partial charge in [-0.05, 0) is 25.1 Å².